The van der Waals surface area contributed by atoms with Crippen molar-refractivity contribution in [2.24, 2.45) is 11.7 Å². The van der Waals surface area contributed by atoms with Gasteiger partial charge in [-0.1, -0.05) is 12.8 Å². The van der Waals surface area contributed by atoms with Crippen molar-refractivity contribution in [3.05, 3.63) is 28.8 Å². The topological polar surface area (TPSA) is 86.5 Å². The van der Waals surface area contributed by atoms with E-state index in [2.05, 4.69) is 10.3 Å². The summed E-state index contributed by atoms with van der Waals surface area (Å²) in [6, 6.07) is 5.80. The molecule has 1 fully saturated rings. The van der Waals surface area contributed by atoms with Gasteiger partial charge in [0, 0.05) is 11.6 Å². The normalized spacial score (nSPS) is 19.6. The standard InChI is InChI=1S/C20H27N3O3S/c1-12-18(19(24)23-15-7-5-4-6-14(15)11-21)27-20(22-12)13-8-9-16(25-2)17(10-13)26-3/h8-10,14-15H,4-7,11,21H2,1-3H3,(H,23,24). The fraction of sp³-hybridized carbons (Fsp3) is 0.500. The lowest BCUT2D eigenvalue weighted by Gasteiger charge is -2.31. The first-order chi connectivity index (χ1) is 13.1. The molecule has 2 aromatic rings. The van der Waals surface area contributed by atoms with Gasteiger partial charge in [-0.25, -0.2) is 4.98 Å². The Morgan fingerprint density at radius 1 is 1.26 bits per heavy atom. The van der Waals surface area contributed by atoms with Gasteiger partial charge in [0.05, 0.1) is 19.9 Å². The Kier molecular flexibility index (Phi) is 6.34. The molecule has 27 heavy (non-hydrogen) atoms. The Bertz CT molecular complexity index is 806. The van der Waals surface area contributed by atoms with Gasteiger partial charge in [-0.05, 0) is 50.4 Å². The molecule has 3 rings (SSSR count). The van der Waals surface area contributed by atoms with Crippen molar-refractivity contribution in [2.75, 3.05) is 20.8 Å². The smallest absolute Gasteiger partial charge is 0.263 e. The van der Waals surface area contributed by atoms with Crippen molar-refractivity contribution in [3.63, 3.8) is 0 Å². The van der Waals surface area contributed by atoms with Crippen LogP contribution >= 0.6 is 11.3 Å². The van der Waals surface area contributed by atoms with Crippen LogP contribution in [0, 0.1) is 12.8 Å². The Labute approximate surface area is 164 Å². The van der Waals surface area contributed by atoms with E-state index in [0.29, 0.717) is 28.8 Å². The summed E-state index contributed by atoms with van der Waals surface area (Å²) in [6.07, 6.45) is 4.41. The molecule has 1 aliphatic carbocycles. The van der Waals surface area contributed by atoms with E-state index in [9.17, 15) is 4.79 Å². The van der Waals surface area contributed by atoms with Gasteiger partial charge in [-0.2, -0.15) is 0 Å². The van der Waals surface area contributed by atoms with Gasteiger partial charge in [0.2, 0.25) is 0 Å². The number of benzene rings is 1. The summed E-state index contributed by atoms with van der Waals surface area (Å²) in [5, 5.41) is 3.98. The van der Waals surface area contributed by atoms with Crippen molar-refractivity contribution in [3.8, 4) is 22.1 Å². The van der Waals surface area contributed by atoms with Gasteiger partial charge in [-0.3, -0.25) is 4.79 Å². The number of thiazole rings is 1. The number of aromatic nitrogens is 1. The summed E-state index contributed by atoms with van der Waals surface area (Å²) >= 11 is 1.40. The van der Waals surface area contributed by atoms with Crippen molar-refractivity contribution < 1.29 is 14.3 Å². The van der Waals surface area contributed by atoms with Crippen LogP contribution in [0.5, 0.6) is 11.5 Å². The molecule has 6 nitrogen and oxygen atoms in total. The van der Waals surface area contributed by atoms with E-state index in [1.54, 1.807) is 14.2 Å². The van der Waals surface area contributed by atoms with Gasteiger partial charge >= 0.3 is 0 Å². The van der Waals surface area contributed by atoms with Crippen molar-refractivity contribution in [1.29, 1.82) is 0 Å². The molecular formula is C20H27N3O3S. The molecule has 146 valence electrons. The second-order valence-corrected chi connectivity index (χ2v) is 7.86. The van der Waals surface area contributed by atoms with Crippen LogP contribution in [0.2, 0.25) is 0 Å². The van der Waals surface area contributed by atoms with Crippen molar-refractivity contribution in [2.45, 2.75) is 38.6 Å². The number of hydrogen-bond donors (Lipinski definition) is 2. The molecular weight excluding hydrogens is 362 g/mol. The van der Waals surface area contributed by atoms with E-state index in [0.717, 1.165) is 35.5 Å². The third-order valence-electron chi connectivity index (χ3n) is 5.16. The molecule has 0 spiro atoms. The van der Waals surface area contributed by atoms with Crippen LogP contribution in [-0.4, -0.2) is 37.7 Å². The summed E-state index contributed by atoms with van der Waals surface area (Å²) in [6.45, 7) is 2.49. The monoisotopic (exact) mass is 389 g/mol. The largest absolute Gasteiger partial charge is 0.493 e. The molecule has 1 aromatic carbocycles. The first-order valence-electron chi connectivity index (χ1n) is 9.28. The van der Waals surface area contributed by atoms with E-state index in [1.807, 2.05) is 25.1 Å². The van der Waals surface area contributed by atoms with E-state index in [-0.39, 0.29) is 11.9 Å². The van der Waals surface area contributed by atoms with Crippen LogP contribution in [0.1, 0.15) is 41.0 Å². The highest BCUT2D eigenvalue weighted by molar-refractivity contribution is 7.17. The number of aryl methyl sites for hydroxylation is 1. The first kappa shape index (κ1) is 19.6. The Morgan fingerprint density at radius 2 is 2.00 bits per heavy atom. The lowest BCUT2D eigenvalue weighted by Crippen LogP contribution is -2.44. The maximum atomic E-state index is 12.8. The van der Waals surface area contributed by atoms with Crippen molar-refractivity contribution in [1.82, 2.24) is 10.3 Å². The van der Waals surface area contributed by atoms with Crippen LogP contribution in [0.25, 0.3) is 10.6 Å². The highest BCUT2D eigenvalue weighted by atomic mass is 32.1. The molecule has 0 aliphatic heterocycles. The third kappa shape index (κ3) is 4.25. The number of nitrogens with two attached hydrogens (primary N) is 1. The highest BCUT2D eigenvalue weighted by Gasteiger charge is 2.27. The first-order valence-corrected chi connectivity index (χ1v) is 10.1. The second kappa shape index (κ2) is 8.71. The van der Waals surface area contributed by atoms with Crippen LogP contribution in [0.15, 0.2) is 18.2 Å². The molecule has 2 unspecified atom stereocenters. The van der Waals surface area contributed by atoms with Gasteiger partial charge in [0.1, 0.15) is 9.88 Å². The van der Waals surface area contributed by atoms with E-state index in [4.69, 9.17) is 15.2 Å². The van der Waals surface area contributed by atoms with Gasteiger partial charge in [0.15, 0.2) is 11.5 Å². The molecule has 1 saturated carbocycles. The van der Waals surface area contributed by atoms with E-state index >= 15 is 0 Å². The predicted molar refractivity (Wildman–Crippen MR) is 108 cm³/mol. The maximum Gasteiger partial charge on any atom is 0.263 e. The third-order valence-corrected chi connectivity index (χ3v) is 6.37. The van der Waals surface area contributed by atoms with Crippen LogP contribution < -0.4 is 20.5 Å². The predicted octanol–water partition coefficient (Wildman–Crippen LogP) is 3.38. The van der Waals surface area contributed by atoms with E-state index < -0.39 is 0 Å². The summed E-state index contributed by atoms with van der Waals surface area (Å²) in [5.74, 6) is 1.61. The number of nitrogens with zero attached hydrogens (tertiary/aromatic N) is 1. The van der Waals surface area contributed by atoms with Crippen molar-refractivity contribution >= 4 is 17.2 Å². The lowest BCUT2D eigenvalue weighted by atomic mass is 9.84. The molecule has 0 saturated heterocycles. The lowest BCUT2D eigenvalue weighted by molar-refractivity contribution is 0.0911. The zero-order valence-corrected chi connectivity index (χ0v) is 16.9. The number of nitrogens with one attached hydrogen (secondary N) is 1. The fourth-order valence-corrected chi connectivity index (χ4v) is 4.58. The zero-order valence-electron chi connectivity index (χ0n) is 16.1. The summed E-state index contributed by atoms with van der Waals surface area (Å²) in [4.78, 5) is 18.1. The van der Waals surface area contributed by atoms with E-state index in [1.165, 1.54) is 17.8 Å². The van der Waals surface area contributed by atoms with Crippen LogP contribution in [0.3, 0.4) is 0 Å². The van der Waals surface area contributed by atoms with Crippen LogP contribution in [-0.2, 0) is 0 Å². The number of methoxy groups -OCH3 is 2. The molecule has 1 heterocycles. The SMILES string of the molecule is COc1ccc(-c2nc(C)c(C(=O)NC3CCCCC3CN)s2)cc1OC. The average molecular weight is 390 g/mol. The number of carbonyl (C=O) groups excluding carboxylic acids is 1. The van der Waals surface area contributed by atoms with Gasteiger partial charge in [0.25, 0.3) is 5.91 Å². The summed E-state index contributed by atoms with van der Waals surface area (Å²) in [7, 11) is 3.21. The molecule has 2 atom stereocenters. The zero-order chi connectivity index (χ0) is 19.4. The molecule has 1 amide bonds. The summed E-state index contributed by atoms with van der Waals surface area (Å²) in [5.41, 5.74) is 7.52. The molecule has 0 bridgehead atoms. The van der Waals surface area contributed by atoms with Crippen LogP contribution in [0.4, 0.5) is 0 Å². The minimum absolute atomic E-state index is 0.0536. The minimum atomic E-state index is -0.0536. The number of ether oxygens (including phenoxy) is 2. The minimum Gasteiger partial charge on any atom is -0.493 e. The molecule has 7 heteroatoms. The fourth-order valence-electron chi connectivity index (χ4n) is 3.61. The Balaban J connectivity index is 1.80. The Morgan fingerprint density at radius 3 is 2.70 bits per heavy atom. The number of rotatable bonds is 6. The van der Waals surface area contributed by atoms with Gasteiger partial charge in [-0.15, -0.1) is 11.3 Å². The quantitative estimate of drug-likeness (QED) is 0.791. The number of amides is 1. The molecule has 1 aliphatic rings. The maximum absolute atomic E-state index is 12.8. The second-order valence-electron chi connectivity index (χ2n) is 6.86. The van der Waals surface area contributed by atoms with Gasteiger partial charge < -0.3 is 20.5 Å². The average Bonchev–Trinajstić information content (AvgIpc) is 3.09. The molecule has 0 radical (unpaired) electrons. The molecule has 3 N–H and O–H groups in total. The summed E-state index contributed by atoms with van der Waals surface area (Å²) < 4.78 is 10.7. The Hall–Kier alpha value is -2.12. The highest BCUT2D eigenvalue weighted by Crippen LogP contribution is 2.35. The number of carbonyl (C=O) groups is 1. The molecule has 1 aromatic heterocycles. The number of hydrogen-bond acceptors (Lipinski definition) is 6.